The summed E-state index contributed by atoms with van der Waals surface area (Å²) in [6.45, 7) is 1.14. The summed E-state index contributed by atoms with van der Waals surface area (Å²) >= 11 is 2.33. The molecule has 0 fully saturated rings. The van der Waals surface area contributed by atoms with Gasteiger partial charge >= 0.3 is 0 Å². The number of nitrogens with one attached hydrogen (secondary N) is 1. The molecule has 0 unspecified atom stereocenters. The largest absolute Gasteiger partial charge is 0.390 e. The molecule has 1 nitrogen and oxygen atoms in total. The maximum absolute atomic E-state index is 3.10. The van der Waals surface area contributed by atoms with E-state index in [9.17, 15) is 0 Å². The minimum atomic E-state index is 1.14. The predicted octanol–water partition coefficient (Wildman–Crippen LogP) is 1.26. The van der Waals surface area contributed by atoms with Crippen molar-refractivity contribution in [2.45, 2.75) is 6.42 Å². The van der Waals surface area contributed by atoms with Crippen LogP contribution in [-0.4, -0.2) is 6.54 Å². The van der Waals surface area contributed by atoms with E-state index in [2.05, 4.69) is 34.1 Å². The van der Waals surface area contributed by atoms with Gasteiger partial charge in [-0.2, -0.15) is 0 Å². The topological polar surface area (TPSA) is 12.0 Å². The lowest BCUT2D eigenvalue weighted by Gasteiger charge is -1.78. The van der Waals surface area contributed by atoms with Crippen LogP contribution in [0.5, 0.6) is 0 Å². The van der Waals surface area contributed by atoms with Crippen molar-refractivity contribution in [2.75, 3.05) is 6.54 Å². The fourth-order valence-corrected chi connectivity index (χ4v) is 0.937. The molecule has 6 heavy (non-hydrogen) atoms. The molecule has 0 aromatic heterocycles. The fourth-order valence-electron chi connectivity index (χ4n) is 0.447. The van der Waals surface area contributed by atoms with Gasteiger partial charge in [0.1, 0.15) is 0 Å². The normalized spacial score (nSPS) is 19.8. The van der Waals surface area contributed by atoms with Crippen LogP contribution in [0.25, 0.3) is 0 Å². The van der Waals surface area contributed by atoms with Crippen molar-refractivity contribution < 1.29 is 0 Å². The van der Waals surface area contributed by atoms with Crippen LogP contribution >= 0.6 is 22.6 Å². The smallest absolute Gasteiger partial charge is 0.0187 e. The van der Waals surface area contributed by atoms with E-state index >= 15 is 0 Å². The van der Waals surface area contributed by atoms with Gasteiger partial charge < -0.3 is 5.32 Å². The van der Waals surface area contributed by atoms with Gasteiger partial charge in [-0.15, -0.1) is 0 Å². The van der Waals surface area contributed by atoms with Crippen molar-refractivity contribution in [1.82, 2.24) is 5.32 Å². The summed E-state index contributed by atoms with van der Waals surface area (Å²) in [6, 6.07) is 0. The first-order valence-corrected chi connectivity index (χ1v) is 3.05. The number of hydrogen-bond donors (Lipinski definition) is 1. The summed E-state index contributed by atoms with van der Waals surface area (Å²) < 4.78 is 1.44. The molecule has 34 valence electrons. The zero-order valence-electron chi connectivity index (χ0n) is 3.37. The van der Waals surface area contributed by atoms with Crippen molar-refractivity contribution in [3.05, 3.63) is 9.78 Å². The predicted molar refractivity (Wildman–Crippen MR) is 34.7 cm³/mol. The Hall–Kier alpha value is 0.270. The third-order valence-electron chi connectivity index (χ3n) is 0.767. The Morgan fingerprint density at radius 3 is 2.83 bits per heavy atom. The van der Waals surface area contributed by atoms with Gasteiger partial charge in [-0.05, 0) is 29.0 Å². The van der Waals surface area contributed by atoms with Crippen molar-refractivity contribution in [2.24, 2.45) is 0 Å². The van der Waals surface area contributed by atoms with Crippen LogP contribution in [0.3, 0.4) is 0 Å². The van der Waals surface area contributed by atoms with Gasteiger partial charge in [0.15, 0.2) is 0 Å². The first-order chi connectivity index (χ1) is 2.89. The summed E-state index contributed by atoms with van der Waals surface area (Å²) in [6.07, 6.45) is 3.28. The highest BCUT2D eigenvalue weighted by Crippen LogP contribution is 2.11. The van der Waals surface area contributed by atoms with Crippen molar-refractivity contribution >= 4 is 22.6 Å². The van der Waals surface area contributed by atoms with Gasteiger partial charge in [-0.25, -0.2) is 0 Å². The Kier molecular flexibility index (Phi) is 1.34. The average Bonchev–Trinajstić information content (AvgIpc) is 1.86. The number of hydrogen-bond acceptors (Lipinski definition) is 1. The standard InChI is InChI=1S/C4H6IN/c5-4-1-2-6-3-4/h3,6H,1-2H2. The van der Waals surface area contributed by atoms with E-state index in [1.807, 2.05) is 0 Å². The molecule has 0 radical (unpaired) electrons. The fraction of sp³-hybridized carbons (Fsp3) is 0.500. The molecule has 1 N–H and O–H groups in total. The lowest BCUT2D eigenvalue weighted by atomic mass is 10.5. The molecule has 0 amide bonds. The molecule has 0 atom stereocenters. The molecule has 2 heteroatoms. The third-order valence-corrected chi connectivity index (χ3v) is 1.62. The summed E-state index contributed by atoms with van der Waals surface area (Å²) in [7, 11) is 0. The zero-order chi connectivity index (χ0) is 4.41. The van der Waals surface area contributed by atoms with Crippen LogP contribution in [0.2, 0.25) is 0 Å². The van der Waals surface area contributed by atoms with Gasteiger partial charge in [0.25, 0.3) is 0 Å². The third kappa shape index (κ3) is 0.864. The van der Waals surface area contributed by atoms with E-state index < -0.39 is 0 Å². The highest BCUT2D eigenvalue weighted by Gasteiger charge is 1.95. The van der Waals surface area contributed by atoms with Crippen molar-refractivity contribution in [3.63, 3.8) is 0 Å². The lowest BCUT2D eigenvalue weighted by Crippen LogP contribution is -1.96. The van der Waals surface area contributed by atoms with Crippen LogP contribution in [0, 0.1) is 0 Å². The van der Waals surface area contributed by atoms with Gasteiger partial charge in [0, 0.05) is 16.3 Å². The van der Waals surface area contributed by atoms with E-state index in [1.54, 1.807) is 0 Å². The Morgan fingerprint density at radius 2 is 2.67 bits per heavy atom. The second-order valence-corrected chi connectivity index (χ2v) is 2.68. The van der Waals surface area contributed by atoms with Crippen LogP contribution < -0.4 is 5.32 Å². The van der Waals surface area contributed by atoms with Gasteiger partial charge in [-0.1, -0.05) is 0 Å². The molecular weight excluding hydrogens is 189 g/mol. The molecule has 1 aliphatic heterocycles. The molecule has 1 aliphatic rings. The molecule has 0 spiro atoms. The Labute approximate surface area is 51.0 Å². The molecule has 0 aromatic carbocycles. The molecular formula is C4H6IN. The zero-order valence-corrected chi connectivity index (χ0v) is 5.53. The van der Waals surface area contributed by atoms with Gasteiger partial charge in [-0.3, -0.25) is 0 Å². The van der Waals surface area contributed by atoms with Crippen LogP contribution in [0.4, 0.5) is 0 Å². The minimum Gasteiger partial charge on any atom is -0.390 e. The van der Waals surface area contributed by atoms with Gasteiger partial charge in [0.2, 0.25) is 0 Å². The van der Waals surface area contributed by atoms with Crippen LogP contribution in [0.15, 0.2) is 9.78 Å². The SMILES string of the molecule is IC1=CNCC1. The molecule has 0 saturated heterocycles. The average molecular weight is 195 g/mol. The number of halogens is 1. The van der Waals surface area contributed by atoms with Gasteiger partial charge in [0.05, 0.1) is 0 Å². The minimum absolute atomic E-state index is 1.14. The highest BCUT2D eigenvalue weighted by atomic mass is 127. The summed E-state index contributed by atoms with van der Waals surface area (Å²) in [5.74, 6) is 0. The lowest BCUT2D eigenvalue weighted by molar-refractivity contribution is 0.916. The maximum atomic E-state index is 3.10. The van der Waals surface area contributed by atoms with Crippen molar-refractivity contribution in [3.8, 4) is 0 Å². The molecule has 0 aliphatic carbocycles. The molecule has 0 saturated carbocycles. The molecule has 0 aromatic rings. The monoisotopic (exact) mass is 195 g/mol. The molecule has 0 bridgehead atoms. The second kappa shape index (κ2) is 1.82. The Bertz CT molecular complexity index is 77.6. The molecule has 1 rings (SSSR count). The summed E-state index contributed by atoms with van der Waals surface area (Å²) in [5, 5.41) is 3.10. The molecule has 1 heterocycles. The Balaban J connectivity index is 2.45. The maximum Gasteiger partial charge on any atom is 0.0187 e. The highest BCUT2D eigenvalue weighted by molar-refractivity contribution is 14.1. The van der Waals surface area contributed by atoms with E-state index in [0.29, 0.717) is 0 Å². The van der Waals surface area contributed by atoms with E-state index in [0.717, 1.165) is 6.54 Å². The van der Waals surface area contributed by atoms with Crippen LogP contribution in [-0.2, 0) is 0 Å². The first kappa shape index (κ1) is 4.43. The van der Waals surface area contributed by atoms with Crippen molar-refractivity contribution in [1.29, 1.82) is 0 Å². The first-order valence-electron chi connectivity index (χ1n) is 1.97. The summed E-state index contributed by atoms with van der Waals surface area (Å²) in [4.78, 5) is 0. The van der Waals surface area contributed by atoms with E-state index in [1.165, 1.54) is 10.0 Å². The van der Waals surface area contributed by atoms with Crippen LogP contribution in [0.1, 0.15) is 6.42 Å². The van der Waals surface area contributed by atoms with E-state index in [4.69, 9.17) is 0 Å². The Morgan fingerprint density at radius 1 is 1.83 bits per heavy atom. The quantitative estimate of drug-likeness (QED) is 0.573. The summed E-state index contributed by atoms with van der Waals surface area (Å²) in [5.41, 5.74) is 0. The van der Waals surface area contributed by atoms with E-state index in [-0.39, 0.29) is 0 Å². The second-order valence-electron chi connectivity index (χ2n) is 1.30. The number of rotatable bonds is 0.